The third-order valence-electron chi connectivity index (χ3n) is 4.54. The van der Waals surface area contributed by atoms with E-state index in [0.29, 0.717) is 17.0 Å². The Morgan fingerprint density at radius 1 is 1.30 bits per heavy atom. The standard InChI is InChI=1S/C16H21N3O2.2ClH/c1-16(2)15(20)14(19-5-3-4-6-19)11-7-10(9-17)12(18)8-13(11)21-16;;/h7-8,14-15,20H,3-6,18H2,1-2H3;2*1H/t14-,15+;;/m1../s1. The minimum absolute atomic E-state index is 0. The van der Waals surface area contributed by atoms with Gasteiger partial charge in [0.05, 0.1) is 17.3 Å². The summed E-state index contributed by atoms with van der Waals surface area (Å²) < 4.78 is 5.94. The van der Waals surface area contributed by atoms with Crippen molar-refractivity contribution in [3.63, 3.8) is 0 Å². The number of nitrogens with zero attached hydrogens (tertiary/aromatic N) is 2. The molecular formula is C16H23Cl2N3O2. The zero-order valence-corrected chi connectivity index (χ0v) is 14.9. The van der Waals surface area contributed by atoms with Crippen LogP contribution in [0.1, 0.15) is 43.9 Å². The molecule has 0 saturated carbocycles. The van der Waals surface area contributed by atoms with Crippen molar-refractivity contribution in [2.45, 2.75) is 44.4 Å². The molecule has 0 bridgehead atoms. The molecule has 0 amide bonds. The topological polar surface area (TPSA) is 82.5 Å². The lowest BCUT2D eigenvalue weighted by molar-refractivity contribution is -0.0894. The summed E-state index contributed by atoms with van der Waals surface area (Å²) in [7, 11) is 0. The molecule has 2 heterocycles. The van der Waals surface area contributed by atoms with Crippen molar-refractivity contribution < 1.29 is 9.84 Å². The largest absolute Gasteiger partial charge is 0.485 e. The average Bonchev–Trinajstić information content (AvgIpc) is 2.93. The molecule has 23 heavy (non-hydrogen) atoms. The summed E-state index contributed by atoms with van der Waals surface area (Å²) in [6.07, 6.45) is 1.64. The lowest BCUT2D eigenvalue weighted by Crippen LogP contribution is -2.53. The maximum Gasteiger partial charge on any atom is 0.131 e. The van der Waals surface area contributed by atoms with Gasteiger partial charge in [0.1, 0.15) is 23.5 Å². The summed E-state index contributed by atoms with van der Waals surface area (Å²) >= 11 is 0. The van der Waals surface area contributed by atoms with Gasteiger partial charge in [-0.15, -0.1) is 24.8 Å². The van der Waals surface area contributed by atoms with E-state index >= 15 is 0 Å². The van der Waals surface area contributed by atoms with Gasteiger partial charge in [-0.3, -0.25) is 4.90 Å². The van der Waals surface area contributed by atoms with E-state index in [1.807, 2.05) is 13.8 Å². The number of likely N-dealkylation sites (tertiary alicyclic amines) is 1. The summed E-state index contributed by atoms with van der Waals surface area (Å²) in [5, 5.41) is 19.9. The molecule has 1 saturated heterocycles. The Morgan fingerprint density at radius 2 is 1.91 bits per heavy atom. The molecule has 3 N–H and O–H groups in total. The molecule has 2 aliphatic heterocycles. The van der Waals surface area contributed by atoms with Gasteiger partial charge in [-0.2, -0.15) is 5.26 Å². The maximum absolute atomic E-state index is 10.8. The molecule has 0 spiro atoms. The third-order valence-corrected chi connectivity index (χ3v) is 4.54. The predicted molar refractivity (Wildman–Crippen MR) is 94.3 cm³/mol. The molecule has 128 valence electrons. The van der Waals surface area contributed by atoms with Crippen LogP contribution in [0.4, 0.5) is 5.69 Å². The van der Waals surface area contributed by atoms with Gasteiger partial charge in [0, 0.05) is 11.6 Å². The summed E-state index contributed by atoms with van der Waals surface area (Å²) in [4.78, 5) is 2.28. The number of aliphatic hydroxyl groups excluding tert-OH is 1. The number of nitrogens with two attached hydrogens (primary N) is 1. The molecule has 0 aliphatic carbocycles. The summed E-state index contributed by atoms with van der Waals surface area (Å²) in [6, 6.07) is 5.45. The third kappa shape index (κ3) is 3.36. The Hall–Kier alpha value is -1.19. The number of halogens is 2. The maximum atomic E-state index is 10.8. The van der Waals surface area contributed by atoms with Gasteiger partial charge in [-0.1, -0.05) is 0 Å². The molecule has 0 aromatic heterocycles. The minimum Gasteiger partial charge on any atom is -0.485 e. The molecule has 5 nitrogen and oxygen atoms in total. The van der Waals surface area contributed by atoms with Crippen LogP contribution in [-0.4, -0.2) is 34.8 Å². The van der Waals surface area contributed by atoms with Crippen LogP contribution in [-0.2, 0) is 0 Å². The van der Waals surface area contributed by atoms with Crippen molar-refractivity contribution in [2.24, 2.45) is 0 Å². The van der Waals surface area contributed by atoms with Crippen molar-refractivity contribution in [2.75, 3.05) is 18.8 Å². The number of nitrogen functional groups attached to an aromatic ring is 1. The van der Waals surface area contributed by atoms with Gasteiger partial charge in [0.2, 0.25) is 0 Å². The van der Waals surface area contributed by atoms with E-state index in [1.165, 1.54) is 0 Å². The smallest absolute Gasteiger partial charge is 0.131 e. The van der Waals surface area contributed by atoms with Crippen molar-refractivity contribution in [3.05, 3.63) is 23.3 Å². The molecular weight excluding hydrogens is 337 g/mol. The molecule has 1 aromatic rings. The fourth-order valence-corrected chi connectivity index (χ4v) is 3.34. The zero-order valence-electron chi connectivity index (χ0n) is 13.3. The second-order valence-corrected chi connectivity index (χ2v) is 6.43. The normalized spacial score (nSPS) is 25.3. The average molecular weight is 360 g/mol. The van der Waals surface area contributed by atoms with Gasteiger partial charge in [0.25, 0.3) is 0 Å². The Balaban J connectivity index is 0.00000132. The highest BCUT2D eigenvalue weighted by Gasteiger charge is 2.46. The van der Waals surface area contributed by atoms with E-state index in [2.05, 4.69) is 11.0 Å². The SMILES string of the molecule is CC1(C)Oc2cc(N)c(C#N)cc2[C@@H](N2CCCC2)[C@@H]1O.Cl.Cl. The number of hydrogen-bond acceptors (Lipinski definition) is 5. The zero-order chi connectivity index (χ0) is 15.2. The van der Waals surface area contributed by atoms with Crippen LogP contribution in [0.3, 0.4) is 0 Å². The second kappa shape index (κ2) is 7.14. The molecule has 2 atom stereocenters. The lowest BCUT2D eigenvalue weighted by Gasteiger charge is -2.45. The Morgan fingerprint density at radius 3 is 2.48 bits per heavy atom. The lowest BCUT2D eigenvalue weighted by atomic mass is 9.85. The first-order valence-electron chi connectivity index (χ1n) is 7.38. The Labute approximate surface area is 149 Å². The second-order valence-electron chi connectivity index (χ2n) is 6.43. The van der Waals surface area contributed by atoms with E-state index in [0.717, 1.165) is 31.5 Å². The van der Waals surface area contributed by atoms with E-state index in [9.17, 15) is 10.4 Å². The van der Waals surface area contributed by atoms with Gasteiger partial charge < -0.3 is 15.6 Å². The first-order valence-corrected chi connectivity index (χ1v) is 7.38. The summed E-state index contributed by atoms with van der Waals surface area (Å²) in [5.74, 6) is 0.679. The first kappa shape index (κ1) is 19.9. The quantitative estimate of drug-likeness (QED) is 0.753. The Kier molecular flexibility index (Phi) is 6.17. The van der Waals surface area contributed by atoms with Crippen LogP contribution in [0.25, 0.3) is 0 Å². The van der Waals surface area contributed by atoms with Gasteiger partial charge in [-0.25, -0.2) is 0 Å². The van der Waals surface area contributed by atoms with Crippen LogP contribution in [0.15, 0.2) is 12.1 Å². The van der Waals surface area contributed by atoms with Crippen LogP contribution in [0.2, 0.25) is 0 Å². The predicted octanol–water partition coefficient (Wildman–Crippen LogP) is 2.65. The number of benzene rings is 1. The van der Waals surface area contributed by atoms with Crippen molar-refractivity contribution in [1.29, 1.82) is 5.26 Å². The molecule has 7 heteroatoms. The van der Waals surface area contributed by atoms with E-state index < -0.39 is 11.7 Å². The number of fused-ring (bicyclic) bond motifs is 1. The number of aliphatic hydroxyl groups is 1. The van der Waals surface area contributed by atoms with Crippen LogP contribution >= 0.6 is 24.8 Å². The molecule has 0 radical (unpaired) electrons. The van der Waals surface area contributed by atoms with Gasteiger partial charge >= 0.3 is 0 Å². The van der Waals surface area contributed by atoms with Crippen molar-refractivity contribution >= 4 is 30.5 Å². The highest BCUT2D eigenvalue weighted by Crippen LogP contribution is 2.45. The number of nitriles is 1. The fraction of sp³-hybridized carbons (Fsp3) is 0.562. The van der Waals surface area contributed by atoms with Crippen LogP contribution < -0.4 is 10.5 Å². The Bertz CT molecular complexity index is 610. The van der Waals surface area contributed by atoms with Crippen molar-refractivity contribution in [1.82, 2.24) is 4.90 Å². The van der Waals surface area contributed by atoms with Gasteiger partial charge in [0.15, 0.2) is 0 Å². The highest BCUT2D eigenvalue weighted by molar-refractivity contribution is 5.85. The molecule has 1 fully saturated rings. The summed E-state index contributed by atoms with van der Waals surface area (Å²) in [6.45, 7) is 5.70. The van der Waals surface area contributed by atoms with E-state index in [-0.39, 0.29) is 30.9 Å². The van der Waals surface area contributed by atoms with Gasteiger partial charge in [-0.05, 0) is 45.8 Å². The molecule has 3 rings (SSSR count). The monoisotopic (exact) mass is 359 g/mol. The minimum atomic E-state index is -0.680. The van der Waals surface area contributed by atoms with E-state index in [4.69, 9.17) is 10.5 Å². The number of ether oxygens (including phenoxy) is 1. The molecule has 0 unspecified atom stereocenters. The van der Waals surface area contributed by atoms with Crippen LogP contribution in [0.5, 0.6) is 5.75 Å². The molecule has 1 aromatic carbocycles. The van der Waals surface area contributed by atoms with Crippen LogP contribution in [0, 0.1) is 11.3 Å². The number of hydrogen-bond donors (Lipinski definition) is 2. The number of rotatable bonds is 1. The summed E-state index contributed by atoms with van der Waals surface area (Å²) in [5.41, 5.74) is 6.95. The highest BCUT2D eigenvalue weighted by atomic mass is 35.5. The number of anilines is 1. The molecule has 2 aliphatic rings. The van der Waals surface area contributed by atoms with E-state index in [1.54, 1.807) is 12.1 Å². The first-order chi connectivity index (χ1) is 9.94. The fourth-order valence-electron chi connectivity index (χ4n) is 3.34. The van der Waals surface area contributed by atoms with Crippen molar-refractivity contribution in [3.8, 4) is 11.8 Å².